The molecule has 0 saturated carbocycles. The van der Waals surface area contributed by atoms with Crippen molar-refractivity contribution in [2.75, 3.05) is 11.6 Å². The van der Waals surface area contributed by atoms with Crippen LogP contribution in [0, 0.1) is 5.92 Å². The maximum Gasteiger partial charge on any atom is 0.236 e. The van der Waals surface area contributed by atoms with Crippen LogP contribution in [0.15, 0.2) is 0 Å². The minimum absolute atomic E-state index is 0.193. The topological polar surface area (TPSA) is 29.1 Å². The van der Waals surface area contributed by atoms with Gasteiger partial charge in [-0.25, -0.2) is 0 Å². The summed E-state index contributed by atoms with van der Waals surface area (Å²) in [5.74, 6) is 2.34. The minimum Gasteiger partial charge on any atom is -0.352 e. The van der Waals surface area contributed by atoms with Crippen molar-refractivity contribution in [3.63, 3.8) is 0 Å². The van der Waals surface area contributed by atoms with Crippen molar-refractivity contribution in [2.24, 2.45) is 5.92 Å². The summed E-state index contributed by atoms with van der Waals surface area (Å²) in [4.78, 5) is 12.2. The maximum atomic E-state index is 12.2. The van der Waals surface area contributed by atoms with Gasteiger partial charge in [-0.1, -0.05) is 13.8 Å². The first-order chi connectivity index (χ1) is 7.49. The van der Waals surface area contributed by atoms with Gasteiger partial charge in [-0.05, 0) is 37.9 Å². The zero-order valence-electron chi connectivity index (χ0n) is 10.4. The SMILES string of the molecule is CC(C)C(CCCl)NC(=O)C1(C)CCCS1. The predicted molar refractivity (Wildman–Crippen MR) is 72.2 cm³/mol. The highest BCUT2D eigenvalue weighted by atomic mass is 35.5. The first-order valence-electron chi connectivity index (χ1n) is 6.00. The van der Waals surface area contributed by atoms with E-state index in [-0.39, 0.29) is 16.7 Å². The van der Waals surface area contributed by atoms with Gasteiger partial charge in [0.1, 0.15) is 0 Å². The third-order valence-electron chi connectivity index (χ3n) is 3.24. The molecular weight excluding hydrogens is 242 g/mol. The van der Waals surface area contributed by atoms with Crippen molar-refractivity contribution < 1.29 is 4.79 Å². The Bertz CT molecular complexity index is 239. The highest BCUT2D eigenvalue weighted by Crippen LogP contribution is 2.38. The lowest BCUT2D eigenvalue weighted by Gasteiger charge is -2.28. The van der Waals surface area contributed by atoms with E-state index in [9.17, 15) is 4.79 Å². The first-order valence-corrected chi connectivity index (χ1v) is 7.52. The molecule has 1 aliphatic heterocycles. The van der Waals surface area contributed by atoms with E-state index >= 15 is 0 Å². The smallest absolute Gasteiger partial charge is 0.236 e. The van der Waals surface area contributed by atoms with Crippen molar-refractivity contribution in [1.82, 2.24) is 5.32 Å². The van der Waals surface area contributed by atoms with E-state index in [1.54, 1.807) is 11.8 Å². The molecule has 1 amide bonds. The van der Waals surface area contributed by atoms with Gasteiger partial charge in [-0.15, -0.1) is 23.4 Å². The Labute approximate surface area is 108 Å². The molecule has 0 bridgehead atoms. The predicted octanol–water partition coefficient (Wildman–Crippen LogP) is 3.04. The van der Waals surface area contributed by atoms with Crippen molar-refractivity contribution >= 4 is 29.3 Å². The van der Waals surface area contributed by atoms with E-state index in [0.29, 0.717) is 11.8 Å². The quantitative estimate of drug-likeness (QED) is 0.773. The van der Waals surface area contributed by atoms with Crippen LogP contribution in [-0.2, 0) is 4.79 Å². The summed E-state index contributed by atoms with van der Waals surface area (Å²) >= 11 is 7.54. The number of amides is 1. The van der Waals surface area contributed by atoms with Gasteiger partial charge >= 0.3 is 0 Å². The lowest BCUT2D eigenvalue weighted by molar-refractivity contribution is -0.124. The zero-order valence-corrected chi connectivity index (χ0v) is 12.0. The van der Waals surface area contributed by atoms with Gasteiger partial charge in [0.05, 0.1) is 4.75 Å². The van der Waals surface area contributed by atoms with Crippen LogP contribution in [0.3, 0.4) is 0 Å². The fourth-order valence-electron chi connectivity index (χ4n) is 1.97. The molecule has 2 nitrogen and oxygen atoms in total. The fraction of sp³-hybridized carbons (Fsp3) is 0.917. The van der Waals surface area contributed by atoms with Crippen LogP contribution < -0.4 is 5.32 Å². The Balaban J connectivity index is 2.53. The number of rotatable bonds is 5. The molecule has 4 heteroatoms. The monoisotopic (exact) mass is 263 g/mol. The molecule has 2 unspecified atom stereocenters. The van der Waals surface area contributed by atoms with Gasteiger partial charge in [0.25, 0.3) is 0 Å². The molecule has 0 spiro atoms. The molecule has 1 heterocycles. The number of nitrogens with one attached hydrogen (secondary N) is 1. The Kier molecular flexibility index (Phi) is 5.45. The fourth-order valence-corrected chi connectivity index (χ4v) is 3.42. The Morgan fingerprint density at radius 2 is 2.25 bits per heavy atom. The number of hydrogen-bond acceptors (Lipinski definition) is 2. The highest BCUT2D eigenvalue weighted by molar-refractivity contribution is 8.01. The summed E-state index contributed by atoms with van der Waals surface area (Å²) in [5.41, 5.74) is 0. The van der Waals surface area contributed by atoms with E-state index in [1.165, 1.54) is 0 Å². The molecular formula is C12H22ClNOS. The second kappa shape index (κ2) is 6.15. The number of carbonyl (C=O) groups excluding carboxylic acids is 1. The molecule has 0 aromatic rings. The van der Waals surface area contributed by atoms with Crippen molar-refractivity contribution in [3.05, 3.63) is 0 Å². The van der Waals surface area contributed by atoms with E-state index < -0.39 is 0 Å². The highest BCUT2D eigenvalue weighted by Gasteiger charge is 2.38. The van der Waals surface area contributed by atoms with Gasteiger partial charge in [0, 0.05) is 11.9 Å². The van der Waals surface area contributed by atoms with E-state index in [4.69, 9.17) is 11.6 Å². The van der Waals surface area contributed by atoms with E-state index in [0.717, 1.165) is 25.0 Å². The van der Waals surface area contributed by atoms with Crippen LogP contribution in [0.4, 0.5) is 0 Å². The molecule has 94 valence electrons. The summed E-state index contributed by atoms with van der Waals surface area (Å²) in [7, 11) is 0. The summed E-state index contributed by atoms with van der Waals surface area (Å²) < 4.78 is -0.209. The van der Waals surface area contributed by atoms with E-state index in [2.05, 4.69) is 26.1 Å². The average molecular weight is 264 g/mol. The molecule has 1 aliphatic rings. The second-order valence-electron chi connectivity index (χ2n) is 4.98. The molecule has 0 aromatic heterocycles. The molecule has 16 heavy (non-hydrogen) atoms. The average Bonchev–Trinajstić information content (AvgIpc) is 2.65. The summed E-state index contributed by atoms with van der Waals surface area (Å²) in [5, 5.41) is 3.16. The lowest BCUT2D eigenvalue weighted by atomic mass is 9.99. The number of thioether (sulfide) groups is 1. The number of hydrogen-bond donors (Lipinski definition) is 1. The Morgan fingerprint density at radius 1 is 1.56 bits per heavy atom. The van der Waals surface area contributed by atoms with Crippen molar-refractivity contribution in [1.29, 1.82) is 0 Å². The molecule has 2 atom stereocenters. The molecule has 0 aromatic carbocycles. The molecule has 0 radical (unpaired) electrons. The summed E-state index contributed by atoms with van der Waals surface area (Å²) in [6, 6.07) is 0.211. The van der Waals surface area contributed by atoms with Crippen molar-refractivity contribution in [3.8, 4) is 0 Å². The molecule has 1 rings (SSSR count). The third kappa shape index (κ3) is 3.56. The largest absolute Gasteiger partial charge is 0.352 e. The standard InChI is InChI=1S/C12H22ClNOS/c1-9(2)10(5-7-13)14-11(15)12(3)6-4-8-16-12/h9-10H,4-8H2,1-3H3,(H,14,15). The lowest BCUT2D eigenvalue weighted by Crippen LogP contribution is -2.47. The zero-order chi connectivity index (χ0) is 12.2. The first kappa shape index (κ1) is 14.2. The molecule has 1 fully saturated rings. The molecule has 1 N–H and O–H groups in total. The molecule has 0 aliphatic carbocycles. The van der Waals surface area contributed by atoms with E-state index in [1.807, 2.05) is 0 Å². The normalized spacial score (nSPS) is 27.1. The summed E-state index contributed by atoms with van der Waals surface area (Å²) in [6.07, 6.45) is 3.00. The maximum absolute atomic E-state index is 12.2. The van der Waals surface area contributed by atoms with Crippen molar-refractivity contribution in [2.45, 2.75) is 50.8 Å². The summed E-state index contributed by atoms with van der Waals surface area (Å²) in [6.45, 7) is 6.31. The number of halogens is 1. The van der Waals surface area contributed by atoms with Crippen LogP contribution in [-0.4, -0.2) is 28.3 Å². The van der Waals surface area contributed by atoms with Crippen LogP contribution in [0.1, 0.15) is 40.0 Å². The minimum atomic E-state index is -0.209. The van der Waals surface area contributed by atoms with Crippen LogP contribution in [0.25, 0.3) is 0 Å². The van der Waals surface area contributed by atoms with Gasteiger partial charge in [-0.3, -0.25) is 4.79 Å². The molecule has 1 saturated heterocycles. The Hall–Kier alpha value is 0.110. The number of carbonyl (C=O) groups is 1. The van der Waals surface area contributed by atoms with Gasteiger partial charge < -0.3 is 5.32 Å². The second-order valence-corrected chi connectivity index (χ2v) is 6.96. The van der Waals surface area contributed by atoms with Crippen LogP contribution in [0.2, 0.25) is 0 Å². The van der Waals surface area contributed by atoms with Crippen LogP contribution >= 0.6 is 23.4 Å². The van der Waals surface area contributed by atoms with Crippen LogP contribution in [0.5, 0.6) is 0 Å². The van der Waals surface area contributed by atoms with Gasteiger partial charge in [0.2, 0.25) is 5.91 Å². The number of alkyl halides is 1. The van der Waals surface area contributed by atoms with Gasteiger partial charge in [-0.2, -0.15) is 0 Å². The Morgan fingerprint density at radius 3 is 2.69 bits per heavy atom. The van der Waals surface area contributed by atoms with Gasteiger partial charge in [0.15, 0.2) is 0 Å². The third-order valence-corrected chi connectivity index (χ3v) is 4.98.